The molecule has 4 nitrogen and oxygen atoms in total. The topological polar surface area (TPSA) is 63.6 Å². The predicted octanol–water partition coefficient (Wildman–Crippen LogP) is 9.83. The molecule has 0 aromatic rings. The van der Waals surface area contributed by atoms with Gasteiger partial charge >= 0.3 is 11.9 Å². The molecule has 0 fully saturated rings. The molecule has 0 spiro atoms. The van der Waals surface area contributed by atoms with E-state index >= 15 is 0 Å². The van der Waals surface area contributed by atoms with Crippen LogP contribution in [0.3, 0.4) is 0 Å². The Kier molecular flexibility index (Phi) is 26.4. The molecule has 0 aliphatic carbocycles. The summed E-state index contributed by atoms with van der Waals surface area (Å²) in [5.41, 5.74) is 0. The third-order valence-corrected chi connectivity index (χ3v) is 5.99. The lowest BCUT2D eigenvalue weighted by atomic mass is 10.0. The maximum Gasteiger partial charge on any atom is 0.307 e. The van der Waals surface area contributed by atoms with E-state index in [1.807, 2.05) is 0 Å². The zero-order valence-corrected chi connectivity index (χ0v) is 23.8. The van der Waals surface area contributed by atoms with Crippen molar-refractivity contribution in [3.8, 4) is 0 Å². The van der Waals surface area contributed by atoms with Gasteiger partial charge in [0, 0.05) is 6.42 Å². The van der Waals surface area contributed by atoms with Gasteiger partial charge in [-0.3, -0.25) is 9.59 Å². The lowest BCUT2D eigenvalue weighted by Crippen LogP contribution is -2.21. The molecule has 4 heteroatoms. The van der Waals surface area contributed by atoms with Crippen LogP contribution in [0.15, 0.2) is 60.8 Å². The number of ether oxygens (including phenoxy) is 1. The van der Waals surface area contributed by atoms with Crippen LogP contribution in [0.2, 0.25) is 0 Å². The van der Waals surface area contributed by atoms with E-state index in [2.05, 4.69) is 74.6 Å². The maximum atomic E-state index is 12.2. The largest absolute Gasteiger partial charge is 0.481 e. The van der Waals surface area contributed by atoms with E-state index < -0.39 is 12.1 Å². The standard InChI is InChI=1S/C33H54O4/c1-3-5-7-9-11-13-14-15-16-17-18-19-20-21-23-25-27-29-33(36)37-31(30-32(34)35)28-26-24-22-12-10-8-6-4-2/h5,7,11,13,15-16,18-19,21,23,31H,3-4,6,8-10,12,14,17,20,22,24-30H2,1-2H3,(H,34,35)/b7-5-,13-11-,16-15-,19-18-,23-21-. The van der Waals surface area contributed by atoms with Crippen LogP contribution < -0.4 is 0 Å². The number of carboxylic acid groups (broad SMARTS) is 1. The second-order valence-electron chi connectivity index (χ2n) is 9.57. The van der Waals surface area contributed by atoms with Crippen LogP contribution in [0.1, 0.15) is 129 Å². The minimum atomic E-state index is -0.906. The highest BCUT2D eigenvalue weighted by Gasteiger charge is 2.17. The van der Waals surface area contributed by atoms with Gasteiger partial charge < -0.3 is 9.84 Å². The van der Waals surface area contributed by atoms with Gasteiger partial charge in [0.15, 0.2) is 0 Å². The minimum Gasteiger partial charge on any atom is -0.481 e. The highest BCUT2D eigenvalue weighted by molar-refractivity contribution is 5.71. The summed E-state index contributed by atoms with van der Waals surface area (Å²) in [7, 11) is 0. The van der Waals surface area contributed by atoms with Crippen molar-refractivity contribution in [3.05, 3.63) is 60.8 Å². The van der Waals surface area contributed by atoms with Crippen molar-refractivity contribution in [1.29, 1.82) is 0 Å². The molecule has 0 bridgehead atoms. The third-order valence-electron chi connectivity index (χ3n) is 5.99. The van der Waals surface area contributed by atoms with Crippen LogP contribution in [0.4, 0.5) is 0 Å². The molecule has 1 atom stereocenters. The van der Waals surface area contributed by atoms with Gasteiger partial charge in [0.25, 0.3) is 0 Å². The Morgan fingerprint density at radius 1 is 0.649 bits per heavy atom. The van der Waals surface area contributed by atoms with Crippen LogP contribution >= 0.6 is 0 Å². The molecule has 210 valence electrons. The number of allylic oxidation sites excluding steroid dienone is 10. The number of hydrogen-bond acceptors (Lipinski definition) is 3. The lowest BCUT2D eigenvalue weighted by molar-refractivity contribution is -0.153. The van der Waals surface area contributed by atoms with Gasteiger partial charge in [-0.25, -0.2) is 0 Å². The highest BCUT2D eigenvalue weighted by atomic mass is 16.5. The number of unbranched alkanes of at least 4 members (excludes halogenated alkanes) is 8. The van der Waals surface area contributed by atoms with Crippen LogP contribution in [-0.2, 0) is 14.3 Å². The van der Waals surface area contributed by atoms with E-state index in [-0.39, 0.29) is 12.4 Å². The molecule has 0 radical (unpaired) electrons. The third kappa shape index (κ3) is 28.1. The molecule has 0 amide bonds. The van der Waals surface area contributed by atoms with E-state index in [1.54, 1.807) is 0 Å². The quantitative estimate of drug-likeness (QED) is 0.0748. The molecule has 0 rings (SSSR count). The molecule has 37 heavy (non-hydrogen) atoms. The molecule has 0 heterocycles. The van der Waals surface area contributed by atoms with Gasteiger partial charge in [-0.2, -0.15) is 0 Å². The summed E-state index contributed by atoms with van der Waals surface area (Å²) in [6.07, 6.45) is 38.1. The maximum absolute atomic E-state index is 12.2. The molecular weight excluding hydrogens is 460 g/mol. The van der Waals surface area contributed by atoms with Gasteiger partial charge in [-0.05, 0) is 57.8 Å². The first kappa shape index (κ1) is 34.6. The van der Waals surface area contributed by atoms with Crippen molar-refractivity contribution in [3.63, 3.8) is 0 Å². The van der Waals surface area contributed by atoms with Gasteiger partial charge in [-0.1, -0.05) is 120 Å². The fraction of sp³-hybridized carbons (Fsp3) is 0.636. The Bertz CT molecular complexity index is 684. The zero-order valence-electron chi connectivity index (χ0n) is 23.8. The van der Waals surface area contributed by atoms with Crippen molar-refractivity contribution in [2.24, 2.45) is 0 Å². The van der Waals surface area contributed by atoms with Crippen molar-refractivity contribution in [2.75, 3.05) is 0 Å². The Morgan fingerprint density at radius 2 is 1.14 bits per heavy atom. The zero-order chi connectivity index (χ0) is 27.2. The van der Waals surface area contributed by atoms with Crippen LogP contribution in [-0.4, -0.2) is 23.1 Å². The predicted molar refractivity (Wildman–Crippen MR) is 158 cm³/mol. The molecule has 0 saturated carbocycles. The van der Waals surface area contributed by atoms with E-state index in [1.165, 1.54) is 38.5 Å². The van der Waals surface area contributed by atoms with Gasteiger partial charge in [0.2, 0.25) is 0 Å². The van der Waals surface area contributed by atoms with E-state index in [0.717, 1.165) is 57.8 Å². The summed E-state index contributed by atoms with van der Waals surface area (Å²) in [6.45, 7) is 4.36. The first-order valence-electron chi connectivity index (χ1n) is 14.8. The number of rotatable bonds is 25. The van der Waals surface area contributed by atoms with Crippen molar-refractivity contribution in [2.45, 2.75) is 136 Å². The summed E-state index contributed by atoms with van der Waals surface area (Å²) in [4.78, 5) is 23.3. The number of aliphatic carboxylic acids is 1. The van der Waals surface area contributed by atoms with Gasteiger partial charge in [-0.15, -0.1) is 0 Å². The normalized spacial score (nSPS) is 13.1. The molecule has 0 aliphatic heterocycles. The average molecular weight is 515 g/mol. The molecule has 1 unspecified atom stereocenters. The fourth-order valence-corrected chi connectivity index (χ4v) is 3.88. The summed E-state index contributed by atoms with van der Waals surface area (Å²) in [6, 6.07) is 0. The summed E-state index contributed by atoms with van der Waals surface area (Å²) in [5.74, 6) is -1.19. The summed E-state index contributed by atoms with van der Waals surface area (Å²) >= 11 is 0. The SMILES string of the molecule is CC/C=C\C/C=C\C/C=C\C/C=C\C/C=C\CCCC(=O)OC(CCCCCCCCCC)CC(=O)O. The van der Waals surface area contributed by atoms with Crippen molar-refractivity contribution < 1.29 is 19.4 Å². The Hall–Kier alpha value is -2.36. The van der Waals surface area contributed by atoms with Crippen molar-refractivity contribution in [1.82, 2.24) is 0 Å². The monoisotopic (exact) mass is 514 g/mol. The van der Waals surface area contributed by atoms with Gasteiger partial charge in [0.1, 0.15) is 6.10 Å². The smallest absolute Gasteiger partial charge is 0.307 e. The molecule has 1 N–H and O–H groups in total. The molecular formula is C33H54O4. The first-order chi connectivity index (χ1) is 18.1. The summed E-state index contributed by atoms with van der Waals surface area (Å²) < 4.78 is 5.48. The van der Waals surface area contributed by atoms with Crippen molar-refractivity contribution >= 4 is 11.9 Å². The Labute approximate surface area is 227 Å². The minimum absolute atomic E-state index is 0.100. The number of hydrogen-bond donors (Lipinski definition) is 1. The highest BCUT2D eigenvalue weighted by Crippen LogP contribution is 2.15. The van der Waals surface area contributed by atoms with E-state index in [0.29, 0.717) is 12.8 Å². The second-order valence-corrected chi connectivity index (χ2v) is 9.57. The Morgan fingerprint density at radius 3 is 1.65 bits per heavy atom. The van der Waals surface area contributed by atoms with E-state index in [9.17, 15) is 9.59 Å². The van der Waals surface area contributed by atoms with Crippen LogP contribution in [0.5, 0.6) is 0 Å². The molecule has 0 saturated heterocycles. The number of carboxylic acids is 1. The lowest BCUT2D eigenvalue weighted by Gasteiger charge is -2.16. The molecule has 0 aromatic heterocycles. The Balaban J connectivity index is 3.88. The van der Waals surface area contributed by atoms with Gasteiger partial charge in [0.05, 0.1) is 6.42 Å². The summed E-state index contributed by atoms with van der Waals surface area (Å²) in [5, 5.41) is 9.14. The van der Waals surface area contributed by atoms with Crippen LogP contribution in [0, 0.1) is 0 Å². The second kappa shape index (κ2) is 28.2. The number of esters is 1. The molecule has 0 aromatic carbocycles. The van der Waals surface area contributed by atoms with Crippen LogP contribution in [0.25, 0.3) is 0 Å². The first-order valence-corrected chi connectivity index (χ1v) is 14.8. The van der Waals surface area contributed by atoms with E-state index in [4.69, 9.17) is 9.84 Å². The fourth-order valence-electron chi connectivity index (χ4n) is 3.88. The number of carbonyl (C=O) groups excluding carboxylic acids is 1. The number of carbonyl (C=O) groups is 2. The average Bonchev–Trinajstić information content (AvgIpc) is 2.87. The molecule has 0 aliphatic rings.